The first kappa shape index (κ1) is 7.94. The van der Waals surface area contributed by atoms with Gasteiger partial charge in [-0.15, -0.1) is 0 Å². The maximum atomic E-state index is 5.04. The zero-order chi connectivity index (χ0) is 7.45. The van der Waals surface area contributed by atoms with Crippen LogP contribution in [0.4, 0.5) is 0 Å². The fraction of sp³-hybridized carbons (Fsp3) is 1.00. The molecule has 0 radical (unpaired) electrons. The third-order valence-electron chi connectivity index (χ3n) is 1.11. The van der Waals surface area contributed by atoms with Gasteiger partial charge in [0.25, 0.3) is 0 Å². The molecule has 0 spiro atoms. The molecule has 1 aliphatic rings. The molecule has 0 aromatic carbocycles. The SMILES string of the molecule is CCOC1(OCC)OCO1. The van der Waals surface area contributed by atoms with Crippen LogP contribution >= 0.6 is 0 Å². The fourth-order valence-corrected chi connectivity index (χ4v) is 0.717. The summed E-state index contributed by atoms with van der Waals surface area (Å²) in [6.45, 7) is 4.98. The van der Waals surface area contributed by atoms with E-state index in [2.05, 4.69) is 0 Å². The molecule has 10 heavy (non-hydrogen) atoms. The van der Waals surface area contributed by atoms with E-state index in [4.69, 9.17) is 18.9 Å². The van der Waals surface area contributed by atoms with Crippen molar-refractivity contribution in [2.45, 2.75) is 20.0 Å². The van der Waals surface area contributed by atoms with Crippen molar-refractivity contribution in [3.63, 3.8) is 0 Å². The number of rotatable bonds is 4. The van der Waals surface area contributed by atoms with Gasteiger partial charge in [-0.05, 0) is 13.8 Å². The monoisotopic (exact) mass is 148 g/mol. The molecule has 1 rings (SSSR count). The standard InChI is InChI=1S/C6H12O4/c1-3-7-6(8-4-2)9-5-10-6/h3-5H2,1-2H3. The van der Waals surface area contributed by atoms with Gasteiger partial charge in [-0.3, -0.25) is 9.47 Å². The Labute approximate surface area is 60.0 Å². The molecule has 1 heterocycles. The highest BCUT2D eigenvalue weighted by atomic mass is 17.1. The Morgan fingerprint density at radius 1 is 1.20 bits per heavy atom. The lowest BCUT2D eigenvalue weighted by molar-refractivity contribution is -0.594. The molecule has 0 aromatic rings. The Kier molecular flexibility index (Phi) is 2.62. The molecule has 60 valence electrons. The van der Waals surface area contributed by atoms with E-state index in [1.54, 1.807) is 0 Å². The van der Waals surface area contributed by atoms with Gasteiger partial charge in [-0.2, -0.15) is 0 Å². The maximum Gasteiger partial charge on any atom is 0.416 e. The lowest BCUT2D eigenvalue weighted by Crippen LogP contribution is -2.51. The van der Waals surface area contributed by atoms with Gasteiger partial charge >= 0.3 is 6.16 Å². The molecule has 0 N–H and O–H groups in total. The van der Waals surface area contributed by atoms with Crippen molar-refractivity contribution in [2.75, 3.05) is 20.0 Å². The van der Waals surface area contributed by atoms with E-state index in [0.29, 0.717) is 13.2 Å². The van der Waals surface area contributed by atoms with Gasteiger partial charge in [-0.25, -0.2) is 0 Å². The van der Waals surface area contributed by atoms with Gasteiger partial charge in [0, 0.05) is 0 Å². The first-order valence-corrected chi connectivity index (χ1v) is 3.39. The van der Waals surface area contributed by atoms with Gasteiger partial charge in [-0.1, -0.05) is 0 Å². The summed E-state index contributed by atoms with van der Waals surface area (Å²) in [5, 5.41) is 0. The summed E-state index contributed by atoms with van der Waals surface area (Å²) in [4.78, 5) is 0. The summed E-state index contributed by atoms with van der Waals surface area (Å²) >= 11 is 0. The van der Waals surface area contributed by atoms with E-state index in [9.17, 15) is 0 Å². The smallest absolute Gasteiger partial charge is 0.303 e. The van der Waals surface area contributed by atoms with E-state index in [1.807, 2.05) is 13.8 Å². The number of ether oxygens (including phenoxy) is 4. The second-order valence-electron chi connectivity index (χ2n) is 1.77. The molecule has 4 heteroatoms. The molecule has 1 saturated heterocycles. The molecule has 1 fully saturated rings. The quantitative estimate of drug-likeness (QED) is 0.549. The first-order chi connectivity index (χ1) is 4.83. The zero-order valence-corrected chi connectivity index (χ0v) is 6.25. The zero-order valence-electron chi connectivity index (χ0n) is 6.25. The molecule has 0 atom stereocenters. The Hall–Kier alpha value is -0.160. The predicted octanol–water partition coefficient (Wildman–Crippen LogP) is 0.675. The van der Waals surface area contributed by atoms with Crippen LogP contribution in [-0.2, 0) is 18.9 Å². The summed E-state index contributed by atoms with van der Waals surface area (Å²) in [7, 11) is 0. The normalized spacial score (nSPS) is 22.2. The van der Waals surface area contributed by atoms with Crippen LogP contribution in [0.15, 0.2) is 0 Å². The minimum Gasteiger partial charge on any atom is -0.303 e. The molecule has 0 aliphatic carbocycles. The van der Waals surface area contributed by atoms with Gasteiger partial charge in [0.2, 0.25) is 0 Å². The molecular weight excluding hydrogens is 136 g/mol. The number of hydrogen-bond donors (Lipinski definition) is 0. The third-order valence-corrected chi connectivity index (χ3v) is 1.11. The second kappa shape index (κ2) is 3.30. The van der Waals surface area contributed by atoms with E-state index in [1.165, 1.54) is 0 Å². The third kappa shape index (κ3) is 1.46. The predicted molar refractivity (Wildman–Crippen MR) is 33.0 cm³/mol. The largest absolute Gasteiger partial charge is 0.416 e. The molecule has 1 aliphatic heterocycles. The van der Waals surface area contributed by atoms with Crippen LogP contribution < -0.4 is 0 Å². The van der Waals surface area contributed by atoms with Crippen molar-refractivity contribution in [1.82, 2.24) is 0 Å². The molecular formula is C6H12O4. The van der Waals surface area contributed by atoms with Crippen LogP contribution in [0.5, 0.6) is 0 Å². The highest BCUT2D eigenvalue weighted by molar-refractivity contribution is 4.45. The second-order valence-corrected chi connectivity index (χ2v) is 1.77. The van der Waals surface area contributed by atoms with Crippen LogP contribution in [0.25, 0.3) is 0 Å². The minimum atomic E-state index is -1.18. The van der Waals surface area contributed by atoms with Crippen molar-refractivity contribution >= 4 is 0 Å². The lowest BCUT2D eigenvalue weighted by Gasteiger charge is -2.38. The molecule has 0 bridgehead atoms. The minimum absolute atomic E-state index is 0.250. The van der Waals surface area contributed by atoms with Gasteiger partial charge in [0.15, 0.2) is 6.79 Å². The molecule has 0 amide bonds. The van der Waals surface area contributed by atoms with Crippen LogP contribution in [0.3, 0.4) is 0 Å². The number of hydrogen-bond acceptors (Lipinski definition) is 4. The van der Waals surface area contributed by atoms with E-state index >= 15 is 0 Å². The Morgan fingerprint density at radius 2 is 1.70 bits per heavy atom. The molecule has 0 aromatic heterocycles. The summed E-state index contributed by atoms with van der Waals surface area (Å²) in [5.74, 6) is 0. The van der Waals surface area contributed by atoms with Crippen molar-refractivity contribution in [3.8, 4) is 0 Å². The van der Waals surface area contributed by atoms with Crippen LogP contribution in [0, 0.1) is 0 Å². The van der Waals surface area contributed by atoms with Crippen molar-refractivity contribution in [2.24, 2.45) is 0 Å². The first-order valence-electron chi connectivity index (χ1n) is 3.39. The summed E-state index contributed by atoms with van der Waals surface area (Å²) in [6, 6.07) is 0. The van der Waals surface area contributed by atoms with Crippen LogP contribution in [-0.4, -0.2) is 26.2 Å². The average Bonchev–Trinajstić information content (AvgIpc) is 1.84. The topological polar surface area (TPSA) is 36.9 Å². The van der Waals surface area contributed by atoms with Gasteiger partial charge in [0.1, 0.15) is 0 Å². The van der Waals surface area contributed by atoms with E-state index in [0.717, 1.165) is 0 Å². The summed E-state index contributed by atoms with van der Waals surface area (Å²) < 4.78 is 19.9. The molecule has 0 saturated carbocycles. The summed E-state index contributed by atoms with van der Waals surface area (Å²) in [5.41, 5.74) is 0. The average molecular weight is 148 g/mol. The van der Waals surface area contributed by atoms with Crippen molar-refractivity contribution < 1.29 is 18.9 Å². The summed E-state index contributed by atoms with van der Waals surface area (Å²) in [6.07, 6.45) is -1.18. The molecule has 0 unspecified atom stereocenters. The van der Waals surface area contributed by atoms with Crippen LogP contribution in [0.1, 0.15) is 13.8 Å². The van der Waals surface area contributed by atoms with Crippen molar-refractivity contribution in [1.29, 1.82) is 0 Å². The maximum absolute atomic E-state index is 5.04. The van der Waals surface area contributed by atoms with Gasteiger partial charge < -0.3 is 9.47 Å². The highest BCUT2D eigenvalue weighted by Gasteiger charge is 2.43. The lowest BCUT2D eigenvalue weighted by atomic mass is 10.8. The van der Waals surface area contributed by atoms with Crippen molar-refractivity contribution in [3.05, 3.63) is 0 Å². The van der Waals surface area contributed by atoms with E-state index in [-0.39, 0.29) is 6.79 Å². The fourth-order valence-electron chi connectivity index (χ4n) is 0.717. The van der Waals surface area contributed by atoms with Crippen LogP contribution in [0.2, 0.25) is 0 Å². The Balaban J connectivity index is 2.27. The van der Waals surface area contributed by atoms with Gasteiger partial charge in [0.05, 0.1) is 13.2 Å². The Morgan fingerprint density at radius 3 is 1.90 bits per heavy atom. The Bertz CT molecular complexity index is 91.9. The van der Waals surface area contributed by atoms with E-state index < -0.39 is 6.16 Å². The molecule has 4 nitrogen and oxygen atoms in total. The highest BCUT2D eigenvalue weighted by Crippen LogP contribution is 2.25.